The predicted molar refractivity (Wildman–Crippen MR) is 81.4 cm³/mol. The van der Waals surface area contributed by atoms with E-state index in [4.69, 9.17) is 0 Å². The van der Waals surface area contributed by atoms with Crippen LogP contribution in [0.2, 0.25) is 0 Å². The van der Waals surface area contributed by atoms with Gasteiger partial charge >= 0.3 is 0 Å². The Morgan fingerprint density at radius 2 is 1.65 bits per heavy atom. The van der Waals surface area contributed by atoms with E-state index in [0.29, 0.717) is 13.1 Å². The number of benzene rings is 1. The maximum absolute atomic E-state index is 12.5. The van der Waals surface area contributed by atoms with Crippen LogP contribution in [0.1, 0.15) is 36.7 Å². The van der Waals surface area contributed by atoms with Crippen molar-refractivity contribution in [1.29, 1.82) is 0 Å². The fourth-order valence-corrected chi connectivity index (χ4v) is 2.22. The summed E-state index contributed by atoms with van der Waals surface area (Å²) in [6, 6.07) is 1.77. The van der Waals surface area contributed by atoms with E-state index in [2.05, 4.69) is 0 Å². The Labute approximate surface area is 132 Å². The first kappa shape index (κ1) is 18.2. The second kappa shape index (κ2) is 7.43. The molecule has 9 heteroatoms. The maximum atomic E-state index is 12.5. The molecule has 0 aromatic heterocycles. The van der Waals surface area contributed by atoms with Crippen LogP contribution in [-0.4, -0.2) is 39.5 Å². The zero-order chi connectivity index (χ0) is 17.7. The van der Waals surface area contributed by atoms with Crippen molar-refractivity contribution in [3.8, 4) is 0 Å². The molecular formula is C14H17N3O6. The van der Waals surface area contributed by atoms with Crippen molar-refractivity contribution in [2.75, 3.05) is 13.1 Å². The fourth-order valence-electron chi connectivity index (χ4n) is 2.22. The van der Waals surface area contributed by atoms with E-state index in [1.54, 1.807) is 13.8 Å². The lowest BCUT2D eigenvalue weighted by molar-refractivity contribution is -0.394. The van der Waals surface area contributed by atoms with Crippen molar-refractivity contribution in [2.24, 2.45) is 0 Å². The molecule has 0 spiro atoms. The number of nitro benzene ring substituents is 2. The van der Waals surface area contributed by atoms with Crippen molar-refractivity contribution in [3.05, 3.63) is 43.5 Å². The maximum Gasteiger partial charge on any atom is 0.280 e. The summed E-state index contributed by atoms with van der Waals surface area (Å²) < 4.78 is 0. The Morgan fingerprint density at radius 1 is 1.09 bits per heavy atom. The monoisotopic (exact) mass is 323 g/mol. The van der Waals surface area contributed by atoms with Crippen molar-refractivity contribution < 1.29 is 19.4 Å². The molecule has 1 aromatic carbocycles. The molecule has 0 aliphatic carbocycles. The molecule has 0 aliphatic heterocycles. The van der Waals surface area contributed by atoms with Gasteiger partial charge in [-0.05, 0) is 20.8 Å². The first-order chi connectivity index (χ1) is 10.7. The van der Waals surface area contributed by atoms with Gasteiger partial charge in [-0.1, -0.05) is 0 Å². The van der Waals surface area contributed by atoms with Gasteiger partial charge in [-0.3, -0.25) is 29.8 Å². The number of Topliss-reactive ketones (excluding diaryl/α,β-unsaturated/α-hetero) is 1. The standard InChI is InChI=1S/C14H17N3O6/c1-4-15(5-2)14(19)12-7-10(16(20)21)8-13(17(22)23)11(12)6-9(3)18/h7-8H,4-6H2,1-3H3. The van der Waals surface area contributed by atoms with E-state index in [1.807, 2.05) is 0 Å². The third-order valence-electron chi connectivity index (χ3n) is 3.33. The molecule has 9 nitrogen and oxygen atoms in total. The summed E-state index contributed by atoms with van der Waals surface area (Å²) in [4.78, 5) is 45.9. The summed E-state index contributed by atoms with van der Waals surface area (Å²) >= 11 is 0. The largest absolute Gasteiger partial charge is 0.339 e. The average molecular weight is 323 g/mol. The lowest BCUT2D eigenvalue weighted by Gasteiger charge is -2.20. The van der Waals surface area contributed by atoms with Gasteiger partial charge in [0.2, 0.25) is 0 Å². The first-order valence-corrected chi connectivity index (χ1v) is 6.97. The van der Waals surface area contributed by atoms with Gasteiger partial charge in [0.1, 0.15) is 5.78 Å². The van der Waals surface area contributed by atoms with E-state index in [0.717, 1.165) is 12.1 Å². The van der Waals surface area contributed by atoms with Gasteiger partial charge in [0, 0.05) is 25.6 Å². The van der Waals surface area contributed by atoms with Crippen LogP contribution < -0.4 is 0 Å². The van der Waals surface area contributed by atoms with Crippen LogP contribution in [0.4, 0.5) is 11.4 Å². The van der Waals surface area contributed by atoms with E-state index in [9.17, 15) is 29.8 Å². The van der Waals surface area contributed by atoms with E-state index >= 15 is 0 Å². The van der Waals surface area contributed by atoms with Gasteiger partial charge in [-0.15, -0.1) is 0 Å². The summed E-state index contributed by atoms with van der Waals surface area (Å²) in [7, 11) is 0. The molecule has 0 fully saturated rings. The molecule has 0 bridgehead atoms. The molecule has 0 unspecified atom stereocenters. The van der Waals surface area contributed by atoms with E-state index in [-0.39, 0.29) is 23.3 Å². The molecule has 23 heavy (non-hydrogen) atoms. The summed E-state index contributed by atoms with van der Waals surface area (Å²) in [6.45, 7) is 5.35. The molecule has 1 rings (SSSR count). The molecule has 1 amide bonds. The smallest absolute Gasteiger partial charge is 0.280 e. The molecule has 0 saturated carbocycles. The van der Waals surface area contributed by atoms with Gasteiger partial charge in [0.15, 0.2) is 0 Å². The Balaban J connectivity index is 3.67. The van der Waals surface area contributed by atoms with Crippen molar-refractivity contribution >= 4 is 23.1 Å². The highest BCUT2D eigenvalue weighted by Gasteiger charge is 2.29. The highest BCUT2D eigenvalue weighted by atomic mass is 16.6. The van der Waals surface area contributed by atoms with Gasteiger partial charge in [0.05, 0.1) is 27.0 Å². The average Bonchev–Trinajstić information content (AvgIpc) is 2.47. The number of hydrogen-bond acceptors (Lipinski definition) is 6. The Morgan fingerprint density at radius 3 is 2.04 bits per heavy atom. The molecule has 0 aliphatic rings. The summed E-state index contributed by atoms with van der Waals surface area (Å²) in [5, 5.41) is 22.2. The van der Waals surface area contributed by atoms with Crippen LogP contribution in [0.15, 0.2) is 12.1 Å². The quantitative estimate of drug-likeness (QED) is 0.559. The number of nitro groups is 2. The number of amides is 1. The lowest BCUT2D eigenvalue weighted by Crippen LogP contribution is -2.31. The topological polar surface area (TPSA) is 124 Å². The number of carbonyl (C=O) groups excluding carboxylic acids is 2. The molecule has 0 atom stereocenters. The highest BCUT2D eigenvalue weighted by Crippen LogP contribution is 2.30. The number of non-ortho nitro benzene ring substituents is 1. The summed E-state index contributed by atoms with van der Waals surface area (Å²) in [5.41, 5.74) is -1.42. The van der Waals surface area contributed by atoms with Crippen LogP contribution in [0.5, 0.6) is 0 Å². The number of hydrogen-bond donors (Lipinski definition) is 0. The number of rotatable bonds is 7. The second-order valence-corrected chi connectivity index (χ2v) is 4.86. The number of nitrogens with zero attached hydrogens (tertiary/aromatic N) is 3. The third-order valence-corrected chi connectivity index (χ3v) is 3.33. The Hall–Kier alpha value is -2.84. The summed E-state index contributed by atoms with van der Waals surface area (Å²) in [6.07, 6.45) is -0.337. The second-order valence-electron chi connectivity index (χ2n) is 4.86. The minimum Gasteiger partial charge on any atom is -0.339 e. The van der Waals surface area contributed by atoms with Crippen LogP contribution in [0.25, 0.3) is 0 Å². The molecule has 0 N–H and O–H groups in total. The predicted octanol–water partition coefficient (Wildman–Crippen LogP) is 2.12. The molecule has 0 radical (unpaired) electrons. The number of carbonyl (C=O) groups is 2. The van der Waals surface area contributed by atoms with Crippen LogP contribution in [-0.2, 0) is 11.2 Å². The highest BCUT2D eigenvalue weighted by molar-refractivity contribution is 5.99. The summed E-state index contributed by atoms with van der Waals surface area (Å²) in [5.74, 6) is -0.950. The normalized spacial score (nSPS) is 10.2. The van der Waals surface area contributed by atoms with Gasteiger partial charge in [0.25, 0.3) is 17.3 Å². The van der Waals surface area contributed by atoms with Crippen molar-refractivity contribution in [3.63, 3.8) is 0 Å². The Kier molecular flexibility index (Phi) is 5.88. The lowest BCUT2D eigenvalue weighted by atomic mass is 9.98. The molecular weight excluding hydrogens is 306 g/mol. The molecule has 124 valence electrons. The van der Waals surface area contributed by atoms with Crippen LogP contribution in [0, 0.1) is 20.2 Å². The van der Waals surface area contributed by atoms with E-state index < -0.39 is 27.1 Å². The SMILES string of the molecule is CCN(CC)C(=O)c1cc([N+](=O)[O-])cc([N+](=O)[O-])c1CC(C)=O. The van der Waals surface area contributed by atoms with Gasteiger partial charge < -0.3 is 4.90 Å². The van der Waals surface area contributed by atoms with Crippen LogP contribution >= 0.6 is 0 Å². The van der Waals surface area contributed by atoms with Crippen molar-refractivity contribution in [1.82, 2.24) is 4.90 Å². The van der Waals surface area contributed by atoms with Gasteiger partial charge in [-0.2, -0.15) is 0 Å². The van der Waals surface area contributed by atoms with Crippen LogP contribution in [0.3, 0.4) is 0 Å². The van der Waals surface area contributed by atoms with E-state index in [1.165, 1.54) is 11.8 Å². The minimum absolute atomic E-state index is 0.0926. The molecule has 1 aromatic rings. The number of ketones is 1. The zero-order valence-electron chi connectivity index (χ0n) is 13.1. The minimum atomic E-state index is -0.815. The molecule has 0 saturated heterocycles. The van der Waals surface area contributed by atoms with Gasteiger partial charge in [-0.25, -0.2) is 0 Å². The first-order valence-electron chi connectivity index (χ1n) is 6.97. The zero-order valence-corrected chi connectivity index (χ0v) is 13.1. The molecule has 0 heterocycles. The fraction of sp³-hybridized carbons (Fsp3) is 0.429. The Bertz CT molecular complexity index is 667. The van der Waals surface area contributed by atoms with Crippen molar-refractivity contribution in [2.45, 2.75) is 27.2 Å². The third kappa shape index (κ3) is 4.09.